The van der Waals surface area contributed by atoms with E-state index in [2.05, 4.69) is 9.98 Å². The minimum absolute atomic E-state index is 0.0234. The normalized spacial score (nSPS) is 30.0. The van der Waals surface area contributed by atoms with Crippen LogP contribution in [0.15, 0.2) is 41.7 Å². The second kappa shape index (κ2) is 6.04. The molecule has 146 valence electrons. The number of amidine groups is 1. The van der Waals surface area contributed by atoms with E-state index in [0.29, 0.717) is 16.3 Å². The number of benzene rings is 1. The Bertz CT molecular complexity index is 984. The molecule has 3 atom stereocenters. The Hall–Kier alpha value is -2.41. The largest absolute Gasteiger partial charge is 0.490 e. The number of halogens is 3. The van der Waals surface area contributed by atoms with Crippen LogP contribution in [0, 0.1) is 5.92 Å². The monoisotopic (exact) mass is 405 g/mol. The molecule has 2 aliphatic heterocycles. The highest BCUT2D eigenvalue weighted by Crippen LogP contribution is 2.55. The van der Waals surface area contributed by atoms with E-state index in [0.717, 1.165) is 11.1 Å². The third-order valence-electron chi connectivity index (χ3n) is 5.89. The Morgan fingerprint density at radius 2 is 2.04 bits per heavy atom. The Labute approximate surface area is 165 Å². The van der Waals surface area contributed by atoms with Crippen LogP contribution >= 0.6 is 11.6 Å². The molecule has 3 unspecified atom stereocenters. The number of aromatic nitrogens is 1. The van der Waals surface area contributed by atoms with E-state index in [9.17, 15) is 8.78 Å². The number of nitrogens with zero attached hydrogens (tertiary/aromatic N) is 2. The number of hydrogen-bond acceptors (Lipinski definition) is 5. The van der Waals surface area contributed by atoms with Crippen LogP contribution in [-0.4, -0.2) is 29.6 Å². The van der Waals surface area contributed by atoms with Crippen molar-refractivity contribution in [1.82, 2.24) is 4.98 Å². The van der Waals surface area contributed by atoms with E-state index in [1.807, 2.05) is 18.2 Å². The molecular weight excluding hydrogens is 388 g/mol. The molecule has 1 aromatic carbocycles. The van der Waals surface area contributed by atoms with Gasteiger partial charge in [0.2, 0.25) is 5.92 Å². The van der Waals surface area contributed by atoms with Crippen molar-refractivity contribution < 1.29 is 18.3 Å². The molecule has 1 aliphatic carbocycles. The number of nitrogens with two attached hydrogens (primary N) is 1. The minimum atomic E-state index is -2.75. The molecule has 0 radical (unpaired) electrons. The molecule has 28 heavy (non-hydrogen) atoms. The fourth-order valence-corrected chi connectivity index (χ4v) is 4.76. The van der Waals surface area contributed by atoms with Crippen LogP contribution in [-0.2, 0) is 10.3 Å². The molecule has 2 aromatic rings. The molecule has 1 fully saturated rings. The molecule has 8 heteroatoms. The van der Waals surface area contributed by atoms with Crippen molar-refractivity contribution in [1.29, 1.82) is 0 Å². The van der Waals surface area contributed by atoms with Crippen molar-refractivity contribution in [3.05, 3.63) is 47.2 Å². The highest BCUT2D eigenvalue weighted by molar-refractivity contribution is 6.30. The molecule has 5 nitrogen and oxygen atoms in total. The van der Waals surface area contributed by atoms with Crippen molar-refractivity contribution >= 4 is 17.6 Å². The molecular formula is C20H18ClF2N3O2. The first kappa shape index (κ1) is 17.7. The van der Waals surface area contributed by atoms with Gasteiger partial charge in [-0.25, -0.2) is 13.8 Å². The van der Waals surface area contributed by atoms with Crippen molar-refractivity contribution in [3.63, 3.8) is 0 Å². The third kappa shape index (κ3) is 2.71. The summed E-state index contributed by atoms with van der Waals surface area (Å²) in [5.74, 6) is -2.64. The lowest BCUT2D eigenvalue weighted by atomic mass is 9.67. The second-order valence-electron chi connectivity index (χ2n) is 7.63. The Morgan fingerprint density at radius 1 is 1.18 bits per heavy atom. The van der Waals surface area contributed by atoms with Gasteiger partial charge in [-0.05, 0) is 30.2 Å². The number of pyridine rings is 1. The number of fused-ring (bicyclic) bond motifs is 4. The summed E-state index contributed by atoms with van der Waals surface area (Å²) in [7, 11) is 0. The maximum Gasteiger partial charge on any atom is 0.283 e. The van der Waals surface area contributed by atoms with Crippen molar-refractivity contribution in [2.45, 2.75) is 36.8 Å². The first-order valence-corrected chi connectivity index (χ1v) is 9.52. The lowest BCUT2D eigenvalue weighted by molar-refractivity contribution is -0.113. The Kier molecular flexibility index (Phi) is 3.81. The predicted octanol–water partition coefficient (Wildman–Crippen LogP) is 4.14. The maximum absolute atomic E-state index is 14.3. The topological polar surface area (TPSA) is 69.7 Å². The third-order valence-corrected chi connectivity index (χ3v) is 6.09. The molecule has 1 aromatic heterocycles. The Balaban J connectivity index is 1.66. The van der Waals surface area contributed by atoms with E-state index < -0.39 is 17.4 Å². The van der Waals surface area contributed by atoms with Gasteiger partial charge in [-0.1, -0.05) is 17.7 Å². The number of hydrogen-bond donors (Lipinski definition) is 1. The van der Waals surface area contributed by atoms with Gasteiger partial charge in [0.05, 0.1) is 5.02 Å². The highest BCUT2D eigenvalue weighted by Gasteiger charge is 2.58. The summed E-state index contributed by atoms with van der Waals surface area (Å²) < 4.78 is 40.2. The summed E-state index contributed by atoms with van der Waals surface area (Å²) in [6.07, 6.45) is 2.69. The fourth-order valence-electron chi connectivity index (χ4n) is 4.58. The average molecular weight is 406 g/mol. The first-order chi connectivity index (χ1) is 13.4. The standard InChI is InChI=1S/C20H18ClF2N3O2/c21-13-5-12(8-25-9-13)11-1-2-16-14(6-11)20(10-27-18(24)26-20)15-7-19(22,23)4-3-17(15)28-16/h1-2,5-6,8-9,15,17H,3-4,7,10H2,(H2,24,26). The molecule has 0 bridgehead atoms. The van der Waals surface area contributed by atoms with Gasteiger partial charge in [0.1, 0.15) is 24.0 Å². The van der Waals surface area contributed by atoms with Crippen LogP contribution in [0.25, 0.3) is 11.1 Å². The molecule has 1 spiro atoms. The Morgan fingerprint density at radius 3 is 2.79 bits per heavy atom. The van der Waals surface area contributed by atoms with E-state index in [1.54, 1.807) is 18.5 Å². The SMILES string of the molecule is NC1=NC2(CO1)c1cc(-c3cncc(Cl)c3)ccc1OC1CCC(F)(F)CC12. The summed E-state index contributed by atoms with van der Waals surface area (Å²) in [5.41, 5.74) is 7.23. The van der Waals surface area contributed by atoms with Gasteiger partial charge in [-0.15, -0.1) is 0 Å². The zero-order valence-corrected chi connectivity index (χ0v) is 15.6. The summed E-state index contributed by atoms with van der Waals surface area (Å²) in [5, 5.41) is 0.514. The van der Waals surface area contributed by atoms with E-state index in [-0.39, 0.29) is 38.0 Å². The zero-order chi connectivity index (χ0) is 19.5. The number of ether oxygens (including phenoxy) is 2. The summed E-state index contributed by atoms with van der Waals surface area (Å²) in [6.45, 7) is 0.129. The van der Waals surface area contributed by atoms with Gasteiger partial charge in [0.15, 0.2) is 0 Å². The van der Waals surface area contributed by atoms with E-state index in [1.165, 1.54) is 0 Å². The lowest BCUT2D eigenvalue weighted by Crippen LogP contribution is -2.53. The van der Waals surface area contributed by atoms with Gasteiger partial charge < -0.3 is 15.2 Å². The summed E-state index contributed by atoms with van der Waals surface area (Å²) in [6, 6.07) is 7.47. The first-order valence-electron chi connectivity index (χ1n) is 9.14. The molecule has 3 aliphatic rings. The smallest absolute Gasteiger partial charge is 0.283 e. The number of alkyl halides is 2. The van der Waals surface area contributed by atoms with E-state index >= 15 is 0 Å². The molecule has 3 heterocycles. The van der Waals surface area contributed by atoms with Crippen molar-refractivity contribution in [2.75, 3.05) is 6.61 Å². The van der Waals surface area contributed by atoms with Crippen LogP contribution in [0.4, 0.5) is 8.78 Å². The molecule has 5 rings (SSSR count). The minimum Gasteiger partial charge on any atom is -0.490 e. The van der Waals surface area contributed by atoms with Gasteiger partial charge >= 0.3 is 0 Å². The molecule has 0 amide bonds. The molecule has 2 N–H and O–H groups in total. The van der Waals surface area contributed by atoms with Crippen LogP contribution in [0.2, 0.25) is 5.02 Å². The quantitative estimate of drug-likeness (QED) is 0.774. The van der Waals surface area contributed by atoms with Crippen LogP contribution in [0.5, 0.6) is 5.75 Å². The van der Waals surface area contributed by atoms with Gasteiger partial charge in [0, 0.05) is 42.3 Å². The second-order valence-corrected chi connectivity index (χ2v) is 8.06. The van der Waals surface area contributed by atoms with Crippen LogP contribution in [0.3, 0.4) is 0 Å². The van der Waals surface area contributed by atoms with Gasteiger partial charge in [-0.3, -0.25) is 4.98 Å². The lowest BCUT2D eigenvalue weighted by Gasteiger charge is -2.47. The fraction of sp³-hybridized carbons (Fsp3) is 0.400. The number of rotatable bonds is 1. The summed E-state index contributed by atoms with van der Waals surface area (Å²) in [4.78, 5) is 8.66. The average Bonchev–Trinajstić information content (AvgIpc) is 3.05. The zero-order valence-electron chi connectivity index (χ0n) is 14.9. The van der Waals surface area contributed by atoms with Gasteiger partial charge in [-0.2, -0.15) is 0 Å². The predicted molar refractivity (Wildman–Crippen MR) is 101 cm³/mol. The van der Waals surface area contributed by atoms with Crippen molar-refractivity contribution in [2.24, 2.45) is 16.6 Å². The van der Waals surface area contributed by atoms with E-state index in [4.69, 9.17) is 26.8 Å². The highest BCUT2D eigenvalue weighted by atomic mass is 35.5. The summed E-state index contributed by atoms with van der Waals surface area (Å²) >= 11 is 6.07. The van der Waals surface area contributed by atoms with Gasteiger partial charge in [0.25, 0.3) is 6.02 Å². The number of aliphatic imine (C=N–C) groups is 1. The van der Waals surface area contributed by atoms with Crippen LogP contribution < -0.4 is 10.5 Å². The molecule has 0 saturated heterocycles. The van der Waals surface area contributed by atoms with Crippen LogP contribution in [0.1, 0.15) is 24.8 Å². The van der Waals surface area contributed by atoms with Crippen molar-refractivity contribution in [3.8, 4) is 16.9 Å². The molecule has 1 saturated carbocycles. The maximum atomic E-state index is 14.3.